The molecular weight excluding hydrogens is 322 g/mol. The zero-order valence-corrected chi connectivity index (χ0v) is 13.4. The number of carbonyl (C=O) groups is 1. The van der Waals surface area contributed by atoms with Crippen LogP contribution in [0, 0.1) is 0 Å². The highest BCUT2D eigenvalue weighted by Crippen LogP contribution is 2.30. The molecule has 0 aliphatic heterocycles. The van der Waals surface area contributed by atoms with E-state index >= 15 is 0 Å². The number of carboxylic acid groups (broad SMARTS) is 1. The van der Waals surface area contributed by atoms with Gasteiger partial charge in [0, 0.05) is 31.6 Å². The number of pyridine rings is 1. The van der Waals surface area contributed by atoms with E-state index in [-0.39, 0.29) is 28.0 Å². The lowest BCUT2D eigenvalue weighted by Gasteiger charge is -2.14. The summed E-state index contributed by atoms with van der Waals surface area (Å²) in [5.41, 5.74) is 5.90. The molecule has 0 saturated carbocycles. The van der Waals surface area contributed by atoms with Gasteiger partial charge in [-0.15, -0.1) is 0 Å². The second-order valence-electron chi connectivity index (χ2n) is 5.22. The van der Waals surface area contributed by atoms with Crippen molar-refractivity contribution >= 4 is 26.9 Å². The van der Waals surface area contributed by atoms with Crippen molar-refractivity contribution in [3.8, 4) is 5.75 Å². The summed E-state index contributed by atoms with van der Waals surface area (Å²) in [6, 6.07) is 4.40. The van der Waals surface area contributed by atoms with Gasteiger partial charge in [-0.2, -0.15) is 0 Å². The molecule has 9 heteroatoms. The fraction of sp³-hybridized carbons (Fsp3) is 0.286. The van der Waals surface area contributed by atoms with Gasteiger partial charge in [0.15, 0.2) is 0 Å². The number of phenols is 1. The predicted molar refractivity (Wildman–Crippen MR) is 83.6 cm³/mol. The maximum absolute atomic E-state index is 12.3. The lowest BCUT2D eigenvalue weighted by Crippen LogP contribution is -2.32. The van der Waals surface area contributed by atoms with E-state index in [9.17, 15) is 18.3 Å². The summed E-state index contributed by atoms with van der Waals surface area (Å²) in [7, 11) is -0.897. The minimum Gasteiger partial charge on any atom is -0.506 e. The lowest BCUT2D eigenvalue weighted by molar-refractivity contribution is -0.138. The third kappa shape index (κ3) is 3.26. The van der Waals surface area contributed by atoms with Crippen LogP contribution in [0.4, 0.5) is 0 Å². The van der Waals surface area contributed by atoms with Crippen molar-refractivity contribution in [3.63, 3.8) is 0 Å². The summed E-state index contributed by atoms with van der Waals surface area (Å²) in [6.07, 6.45) is -0.0324. The van der Waals surface area contributed by atoms with Gasteiger partial charge in [-0.1, -0.05) is 0 Å². The molecule has 0 aliphatic carbocycles. The summed E-state index contributed by atoms with van der Waals surface area (Å²) in [6.45, 7) is 0. The summed E-state index contributed by atoms with van der Waals surface area (Å²) in [4.78, 5) is 15.0. The van der Waals surface area contributed by atoms with Crippen LogP contribution in [0.15, 0.2) is 29.2 Å². The van der Waals surface area contributed by atoms with Gasteiger partial charge in [-0.05, 0) is 24.3 Å². The number of hydrogen-bond acceptors (Lipinski definition) is 6. The fourth-order valence-corrected chi connectivity index (χ4v) is 3.14. The summed E-state index contributed by atoms with van der Waals surface area (Å²) < 4.78 is 25.7. The Balaban J connectivity index is 2.61. The van der Waals surface area contributed by atoms with Crippen molar-refractivity contribution < 1.29 is 23.4 Å². The normalized spacial score (nSPS) is 13.4. The fourth-order valence-electron chi connectivity index (χ4n) is 2.06. The van der Waals surface area contributed by atoms with Crippen molar-refractivity contribution in [2.75, 3.05) is 14.1 Å². The molecule has 1 aromatic carbocycles. The molecule has 1 atom stereocenters. The molecule has 0 fully saturated rings. The highest BCUT2D eigenvalue weighted by molar-refractivity contribution is 7.89. The molecule has 0 saturated heterocycles. The van der Waals surface area contributed by atoms with Gasteiger partial charge in [0.2, 0.25) is 10.0 Å². The number of benzene rings is 1. The molecule has 0 aliphatic rings. The number of nitrogens with zero attached hydrogens (tertiary/aromatic N) is 2. The molecule has 1 aromatic heterocycles. The maximum Gasteiger partial charge on any atom is 0.320 e. The number of carboxylic acids is 1. The minimum atomic E-state index is -3.71. The van der Waals surface area contributed by atoms with Crippen molar-refractivity contribution in [1.29, 1.82) is 0 Å². The van der Waals surface area contributed by atoms with E-state index in [4.69, 9.17) is 10.8 Å². The number of fused-ring (bicyclic) bond motifs is 1. The smallest absolute Gasteiger partial charge is 0.320 e. The summed E-state index contributed by atoms with van der Waals surface area (Å²) in [5.74, 6) is -1.36. The first-order valence-electron chi connectivity index (χ1n) is 6.67. The van der Waals surface area contributed by atoms with Gasteiger partial charge in [0.1, 0.15) is 17.3 Å². The SMILES string of the molecule is CN(C)S(=O)(=O)c1ccc(O)c2nc(CC(N)C(=O)O)ccc12. The first kappa shape index (κ1) is 17.1. The van der Waals surface area contributed by atoms with Crippen molar-refractivity contribution in [2.24, 2.45) is 5.73 Å². The topological polar surface area (TPSA) is 134 Å². The summed E-state index contributed by atoms with van der Waals surface area (Å²) in [5, 5.41) is 19.0. The average Bonchev–Trinajstić information content (AvgIpc) is 2.47. The zero-order valence-electron chi connectivity index (χ0n) is 12.6. The van der Waals surface area contributed by atoms with Crippen LogP contribution in [0.3, 0.4) is 0 Å². The van der Waals surface area contributed by atoms with Crippen LogP contribution >= 0.6 is 0 Å². The number of rotatable bonds is 5. The molecule has 2 aromatic rings. The van der Waals surface area contributed by atoms with E-state index in [1.165, 1.54) is 38.4 Å². The monoisotopic (exact) mass is 339 g/mol. The molecule has 0 spiro atoms. The van der Waals surface area contributed by atoms with E-state index in [1.807, 2.05) is 0 Å². The number of nitrogens with two attached hydrogens (primary N) is 1. The summed E-state index contributed by atoms with van der Waals surface area (Å²) >= 11 is 0. The Kier molecular flexibility index (Phi) is 4.55. The standard InChI is InChI=1S/C14H17N3O5S/c1-17(2)23(21,22)12-6-5-11(18)13-9(12)4-3-8(16-13)7-10(15)14(19)20/h3-6,10,18H,7,15H2,1-2H3,(H,19,20). The lowest BCUT2D eigenvalue weighted by atomic mass is 10.1. The number of aromatic nitrogens is 1. The Bertz CT molecular complexity index is 864. The van der Waals surface area contributed by atoms with Gasteiger partial charge >= 0.3 is 5.97 Å². The third-order valence-electron chi connectivity index (χ3n) is 3.36. The van der Waals surface area contributed by atoms with Crippen LogP contribution in [0.25, 0.3) is 10.9 Å². The molecule has 23 heavy (non-hydrogen) atoms. The third-order valence-corrected chi connectivity index (χ3v) is 5.23. The van der Waals surface area contributed by atoms with Gasteiger partial charge in [0.25, 0.3) is 0 Å². The largest absolute Gasteiger partial charge is 0.506 e. The first-order valence-corrected chi connectivity index (χ1v) is 8.11. The molecule has 2 rings (SSSR count). The Labute approximate surface area is 133 Å². The van der Waals surface area contributed by atoms with Crippen molar-refractivity contribution in [2.45, 2.75) is 17.4 Å². The number of aliphatic carboxylic acids is 1. The van der Waals surface area contributed by atoms with Crippen LogP contribution in [-0.2, 0) is 21.2 Å². The second-order valence-corrected chi connectivity index (χ2v) is 7.34. The Morgan fingerprint density at radius 3 is 2.52 bits per heavy atom. The van der Waals surface area contributed by atoms with E-state index in [1.54, 1.807) is 0 Å². The maximum atomic E-state index is 12.3. The zero-order chi connectivity index (χ0) is 17.4. The minimum absolute atomic E-state index is 0.0110. The Morgan fingerprint density at radius 2 is 1.96 bits per heavy atom. The van der Waals surface area contributed by atoms with Crippen LogP contribution in [0.1, 0.15) is 5.69 Å². The molecular formula is C14H17N3O5S. The van der Waals surface area contributed by atoms with Crippen molar-refractivity contribution in [1.82, 2.24) is 9.29 Å². The van der Waals surface area contributed by atoms with Gasteiger partial charge < -0.3 is 15.9 Å². The first-order chi connectivity index (χ1) is 10.6. The van der Waals surface area contributed by atoms with E-state index < -0.39 is 22.0 Å². The molecule has 1 heterocycles. The molecule has 0 bridgehead atoms. The quantitative estimate of drug-likeness (QED) is 0.705. The van der Waals surface area contributed by atoms with E-state index in [0.717, 1.165) is 4.31 Å². The molecule has 8 nitrogen and oxygen atoms in total. The van der Waals surface area contributed by atoms with E-state index in [0.29, 0.717) is 5.69 Å². The number of phenolic OH excluding ortho intramolecular Hbond substituents is 1. The Hall–Kier alpha value is -2.23. The average molecular weight is 339 g/mol. The van der Waals surface area contributed by atoms with Crippen LogP contribution in [0.2, 0.25) is 0 Å². The highest BCUT2D eigenvalue weighted by Gasteiger charge is 2.22. The van der Waals surface area contributed by atoms with Gasteiger partial charge in [-0.25, -0.2) is 17.7 Å². The molecule has 1 unspecified atom stereocenters. The van der Waals surface area contributed by atoms with Crippen LogP contribution in [0.5, 0.6) is 5.75 Å². The molecule has 124 valence electrons. The molecule has 4 N–H and O–H groups in total. The van der Waals surface area contributed by atoms with Gasteiger partial charge in [0.05, 0.1) is 4.90 Å². The Morgan fingerprint density at radius 1 is 1.30 bits per heavy atom. The van der Waals surface area contributed by atoms with Crippen LogP contribution < -0.4 is 5.73 Å². The highest BCUT2D eigenvalue weighted by atomic mass is 32.2. The number of hydrogen-bond donors (Lipinski definition) is 3. The number of aromatic hydroxyl groups is 1. The van der Waals surface area contributed by atoms with E-state index in [2.05, 4.69) is 4.98 Å². The number of sulfonamides is 1. The van der Waals surface area contributed by atoms with Crippen LogP contribution in [-0.4, -0.2) is 54.0 Å². The predicted octanol–water partition coefficient (Wildman–Crippen LogP) is 0.145. The molecule has 0 radical (unpaired) electrons. The second kappa shape index (κ2) is 6.11. The van der Waals surface area contributed by atoms with Gasteiger partial charge in [-0.3, -0.25) is 4.79 Å². The van der Waals surface area contributed by atoms with Crippen molar-refractivity contribution in [3.05, 3.63) is 30.0 Å². The molecule has 0 amide bonds.